The summed E-state index contributed by atoms with van der Waals surface area (Å²) < 4.78 is 29.4. The van der Waals surface area contributed by atoms with Crippen molar-refractivity contribution in [1.29, 1.82) is 0 Å². The molecule has 2 aromatic rings. The van der Waals surface area contributed by atoms with Crippen molar-refractivity contribution in [1.82, 2.24) is 15.0 Å². The van der Waals surface area contributed by atoms with Crippen LogP contribution in [0.4, 0.5) is 0 Å². The van der Waals surface area contributed by atoms with Crippen LogP contribution in [-0.4, -0.2) is 73.0 Å². The topological polar surface area (TPSA) is 83.7 Å². The number of rotatable bonds is 2. The molecule has 4 rings (SSSR count). The quantitative estimate of drug-likeness (QED) is 0.790. The number of piperazine rings is 1. The Balaban J connectivity index is 1.60. The van der Waals surface area contributed by atoms with E-state index in [0.29, 0.717) is 18.8 Å². The number of nitrogens with zero attached hydrogens (tertiary/aromatic N) is 3. The van der Waals surface area contributed by atoms with E-state index in [1.165, 1.54) is 0 Å². The van der Waals surface area contributed by atoms with Gasteiger partial charge in [0, 0.05) is 30.8 Å². The molecule has 7 nitrogen and oxygen atoms in total. The monoisotopic (exact) mass is 361 g/mol. The van der Waals surface area contributed by atoms with E-state index < -0.39 is 9.84 Å². The van der Waals surface area contributed by atoms with Crippen molar-refractivity contribution < 1.29 is 17.7 Å². The van der Waals surface area contributed by atoms with Gasteiger partial charge in [0.2, 0.25) is 0 Å². The predicted molar refractivity (Wildman–Crippen MR) is 91.8 cm³/mol. The predicted octanol–water partition coefficient (Wildman–Crippen LogP) is 0.895. The Labute approximate surface area is 146 Å². The third kappa shape index (κ3) is 2.96. The molecule has 0 saturated carbocycles. The first-order valence-electron chi connectivity index (χ1n) is 8.18. The first kappa shape index (κ1) is 16.3. The van der Waals surface area contributed by atoms with Crippen LogP contribution in [0.1, 0.15) is 10.5 Å². The van der Waals surface area contributed by atoms with Gasteiger partial charge in [0.05, 0.1) is 17.5 Å². The van der Waals surface area contributed by atoms with Crippen LogP contribution in [-0.2, 0) is 9.84 Å². The number of benzene rings is 1. The second kappa shape index (κ2) is 5.96. The second-order valence-electron chi connectivity index (χ2n) is 6.63. The fourth-order valence-corrected chi connectivity index (χ4v) is 5.70. The third-order valence-corrected chi connectivity index (χ3v) is 6.70. The summed E-state index contributed by atoms with van der Waals surface area (Å²) in [6.45, 7) is 1.13. The lowest BCUT2D eigenvalue weighted by Gasteiger charge is -2.41. The van der Waals surface area contributed by atoms with Crippen molar-refractivity contribution in [2.75, 3.05) is 31.6 Å². The lowest BCUT2D eigenvalue weighted by molar-refractivity contribution is 0.0401. The summed E-state index contributed by atoms with van der Waals surface area (Å²) in [7, 11) is -1.22. The number of fused-ring (bicyclic) bond motifs is 1. The standard InChI is InChI=1S/C17H19N3O4S/c1-19-7-8-20(15-11-25(22,23)10-14(15)19)17(21)13-9-16(24-18-13)12-5-3-2-4-6-12/h2-6,9,14-15H,7-8,10-11H2,1H3/t14-,15+/m0/s1. The van der Waals surface area contributed by atoms with Crippen LogP contribution in [0, 0.1) is 0 Å². The van der Waals surface area contributed by atoms with Gasteiger partial charge in [-0.15, -0.1) is 0 Å². The van der Waals surface area contributed by atoms with Crippen molar-refractivity contribution in [3.63, 3.8) is 0 Å². The van der Waals surface area contributed by atoms with E-state index in [-0.39, 0.29) is 35.2 Å². The molecule has 0 unspecified atom stereocenters. The number of hydrogen-bond donors (Lipinski definition) is 0. The van der Waals surface area contributed by atoms with Crippen molar-refractivity contribution in [3.05, 3.63) is 42.1 Å². The first-order valence-corrected chi connectivity index (χ1v) is 10.0. The average Bonchev–Trinajstić information content (AvgIpc) is 3.20. The fourth-order valence-electron chi connectivity index (χ4n) is 3.64. The highest BCUT2D eigenvalue weighted by molar-refractivity contribution is 7.91. The van der Waals surface area contributed by atoms with Gasteiger partial charge in [-0.05, 0) is 7.05 Å². The Bertz CT molecular complexity index is 894. The Hall–Kier alpha value is -2.19. The van der Waals surface area contributed by atoms with Crippen LogP contribution in [0.3, 0.4) is 0 Å². The number of hydrogen-bond acceptors (Lipinski definition) is 6. The van der Waals surface area contributed by atoms with Crippen LogP contribution in [0.15, 0.2) is 40.9 Å². The first-order chi connectivity index (χ1) is 11.9. The minimum absolute atomic E-state index is 0.0111. The third-order valence-electron chi connectivity index (χ3n) is 5.00. The molecular formula is C17H19N3O4S. The van der Waals surface area contributed by atoms with Gasteiger partial charge in [0.15, 0.2) is 21.3 Å². The fraction of sp³-hybridized carbons (Fsp3) is 0.412. The Morgan fingerprint density at radius 3 is 2.64 bits per heavy atom. The number of aromatic nitrogens is 1. The molecule has 3 heterocycles. The summed E-state index contributed by atoms with van der Waals surface area (Å²) >= 11 is 0. The molecule has 2 aliphatic heterocycles. The molecule has 0 bridgehead atoms. The Morgan fingerprint density at radius 1 is 1.16 bits per heavy atom. The van der Waals surface area contributed by atoms with E-state index in [0.717, 1.165) is 5.56 Å². The molecule has 0 spiro atoms. The summed E-state index contributed by atoms with van der Waals surface area (Å²) in [6, 6.07) is 10.6. The molecule has 8 heteroatoms. The largest absolute Gasteiger partial charge is 0.355 e. The molecular weight excluding hydrogens is 342 g/mol. The molecule has 1 aromatic carbocycles. The van der Waals surface area contributed by atoms with Crippen molar-refractivity contribution in [3.8, 4) is 11.3 Å². The number of carbonyl (C=O) groups is 1. The molecule has 2 aliphatic rings. The average molecular weight is 361 g/mol. The van der Waals surface area contributed by atoms with Crippen LogP contribution in [0.2, 0.25) is 0 Å². The van der Waals surface area contributed by atoms with E-state index in [4.69, 9.17) is 4.52 Å². The molecule has 1 amide bonds. The Morgan fingerprint density at radius 2 is 1.88 bits per heavy atom. The molecule has 132 valence electrons. The summed E-state index contributed by atoms with van der Waals surface area (Å²) in [5.41, 5.74) is 1.06. The van der Waals surface area contributed by atoms with E-state index in [2.05, 4.69) is 5.16 Å². The molecule has 2 fully saturated rings. The Kier molecular flexibility index (Phi) is 3.88. The summed E-state index contributed by atoms with van der Waals surface area (Å²) in [5, 5.41) is 3.91. The van der Waals surface area contributed by atoms with Crippen LogP contribution in [0.5, 0.6) is 0 Å². The van der Waals surface area contributed by atoms with Gasteiger partial charge in [-0.25, -0.2) is 8.42 Å². The molecule has 0 aliphatic carbocycles. The number of amides is 1. The maximum absolute atomic E-state index is 12.9. The van der Waals surface area contributed by atoms with Gasteiger partial charge in [-0.3, -0.25) is 9.69 Å². The second-order valence-corrected chi connectivity index (χ2v) is 8.79. The molecule has 0 radical (unpaired) electrons. The van der Waals surface area contributed by atoms with Crippen LogP contribution >= 0.6 is 0 Å². The maximum atomic E-state index is 12.9. The minimum Gasteiger partial charge on any atom is -0.355 e. The lowest BCUT2D eigenvalue weighted by atomic mass is 10.0. The van der Waals surface area contributed by atoms with E-state index >= 15 is 0 Å². The highest BCUT2D eigenvalue weighted by Gasteiger charge is 2.47. The summed E-state index contributed by atoms with van der Waals surface area (Å²) in [5.74, 6) is 0.364. The van der Waals surface area contributed by atoms with Gasteiger partial charge >= 0.3 is 0 Å². The van der Waals surface area contributed by atoms with Crippen molar-refractivity contribution in [2.45, 2.75) is 12.1 Å². The highest BCUT2D eigenvalue weighted by Crippen LogP contribution is 2.28. The van der Waals surface area contributed by atoms with Crippen molar-refractivity contribution >= 4 is 15.7 Å². The lowest BCUT2D eigenvalue weighted by Crippen LogP contribution is -2.59. The molecule has 2 saturated heterocycles. The zero-order valence-corrected chi connectivity index (χ0v) is 14.6. The van der Waals surface area contributed by atoms with E-state index in [9.17, 15) is 13.2 Å². The SMILES string of the molecule is CN1CCN(C(=O)c2cc(-c3ccccc3)on2)[C@@H]2CS(=O)(=O)C[C@@H]21. The summed E-state index contributed by atoms with van der Waals surface area (Å²) in [4.78, 5) is 16.6. The van der Waals surface area contributed by atoms with Gasteiger partial charge < -0.3 is 9.42 Å². The molecule has 1 aromatic heterocycles. The smallest absolute Gasteiger partial charge is 0.276 e. The van der Waals surface area contributed by atoms with Gasteiger partial charge in [0.25, 0.3) is 5.91 Å². The highest BCUT2D eigenvalue weighted by atomic mass is 32.2. The van der Waals surface area contributed by atoms with Gasteiger partial charge in [-0.2, -0.15) is 0 Å². The number of carbonyl (C=O) groups excluding carboxylic acids is 1. The maximum Gasteiger partial charge on any atom is 0.276 e. The molecule has 25 heavy (non-hydrogen) atoms. The van der Waals surface area contributed by atoms with Crippen LogP contribution in [0.25, 0.3) is 11.3 Å². The van der Waals surface area contributed by atoms with Gasteiger partial charge in [-0.1, -0.05) is 35.5 Å². The number of sulfone groups is 1. The van der Waals surface area contributed by atoms with E-state index in [1.54, 1.807) is 11.0 Å². The normalized spacial score (nSPS) is 25.7. The van der Waals surface area contributed by atoms with Crippen molar-refractivity contribution in [2.24, 2.45) is 0 Å². The van der Waals surface area contributed by atoms with Crippen LogP contribution < -0.4 is 0 Å². The molecule has 0 N–H and O–H groups in total. The van der Waals surface area contributed by atoms with Gasteiger partial charge in [0.1, 0.15) is 0 Å². The van der Waals surface area contributed by atoms with E-state index in [1.807, 2.05) is 42.3 Å². The molecule has 2 atom stereocenters. The zero-order chi connectivity index (χ0) is 17.6. The summed E-state index contributed by atoms with van der Waals surface area (Å²) in [6.07, 6.45) is 0. The minimum atomic E-state index is -3.13. The zero-order valence-electron chi connectivity index (χ0n) is 13.8. The number of likely N-dealkylation sites (N-methyl/N-ethyl adjacent to an activating group) is 1.